The lowest BCUT2D eigenvalue weighted by molar-refractivity contribution is 0.359. The van der Waals surface area contributed by atoms with Gasteiger partial charge in [-0.15, -0.1) is 0 Å². The summed E-state index contributed by atoms with van der Waals surface area (Å²) in [4.78, 5) is 0. The van der Waals surface area contributed by atoms with Crippen LogP contribution in [0, 0.1) is 0 Å². The van der Waals surface area contributed by atoms with Crippen molar-refractivity contribution in [3.8, 4) is 0 Å². The van der Waals surface area contributed by atoms with E-state index in [2.05, 4.69) is 31.4 Å². The van der Waals surface area contributed by atoms with E-state index in [0.29, 0.717) is 6.17 Å². The zero-order chi connectivity index (χ0) is 9.40. The molecule has 0 aliphatic carbocycles. The lowest BCUT2D eigenvalue weighted by Crippen LogP contribution is -2.50. The number of rotatable bonds is 7. The van der Waals surface area contributed by atoms with Gasteiger partial charge in [0.15, 0.2) is 0 Å². The second kappa shape index (κ2) is 7.53. The summed E-state index contributed by atoms with van der Waals surface area (Å²) in [6.45, 7) is 7.47. The molecule has 0 heterocycles. The van der Waals surface area contributed by atoms with Crippen LogP contribution in [0.2, 0.25) is 0 Å². The van der Waals surface area contributed by atoms with Crippen molar-refractivity contribution in [2.24, 2.45) is 5.73 Å². The molecule has 0 aromatic rings. The van der Waals surface area contributed by atoms with Crippen molar-refractivity contribution in [1.82, 2.24) is 10.6 Å². The van der Waals surface area contributed by atoms with Crippen molar-refractivity contribution >= 4 is 0 Å². The van der Waals surface area contributed by atoms with Gasteiger partial charge in [0.1, 0.15) is 0 Å². The number of nitrogens with two attached hydrogens (primary N) is 1. The second-order valence-corrected chi connectivity index (χ2v) is 3.10. The molecule has 4 N–H and O–H groups in total. The highest BCUT2D eigenvalue weighted by Gasteiger charge is 2.06. The standard InChI is InChI=1S/C9H23N3/c1-4-7-11-9(6-3)12-8(10)5-2/h8-9,11-12H,4-7,10H2,1-3H3. The molecule has 0 rings (SSSR count). The van der Waals surface area contributed by atoms with Crippen LogP contribution in [0.4, 0.5) is 0 Å². The molecule has 0 amide bonds. The van der Waals surface area contributed by atoms with E-state index in [-0.39, 0.29) is 6.17 Å². The van der Waals surface area contributed by atoms with Crippen LogP contribution < -0.4 is 16.4 Å². The van der Waals surface area contributed by atoms with Gasteiger partial charge in [0.25, 0.3) is 0 Å². The summed E-state index contributed by atoms with van der Waals surface area (Å²) in [7, 11) is 0. The van der Waals surface area contributed by atoms with Gasteiger partial charge in [0.05, 0.1) is 12.3 Å². The van der Waals surface area contributed by atoms with Crippen molar-refractivity contribution in [1.29, 1.82) is 0 Å². The minimum atomic E-state index is 0.124. The fraction of sp³-hybridized carbons (Fsp3) is 1.00. The van der Waals surface area contributed by atoms with Gasteiger partial charge in [-0.2, -0.15) is 0 Å². The summed E-state index contributed by atoms with van der Waals surface area (Å²) < 4.78 is 0. The molecule has 2 unspecified atom stereocenters. The first-order chi connectivity index (χ1) is 5.74. The smallest absolute Gasteiger partial charge is 0.0580 e. The van der Waals surface area contributed by atoms with Crippen LogP contribution in [0.5, 0.6) is 0 Å². The molecule has 0 saturated heterocycles. The van der Waals surface area contributed by atoms with Crippen LogP contribution in [0.15, 0.2) is 0 Å². The van der Waals surface area contributed by atoms with E-state index in [1.54, 1.807) is 0 Å². The number of hydrogen-bond acceptors (Lipinski definition) is 3. The molecule has 0 spiro atoms. The highest BCUT2D eigenvalue weighted by Crippen LogP contribution is 1.89. The Balaban J connectivity index is 3.51. The number of nitrogens with one attached hydrogen (secondary N) is 2. The molecular formula is C9H23N3. The minimum absolute atomic E-state index is 0.124. The van der Waals surface area contributed by atoms with E-state index >= 15 is 0 Å². The summed E-state index contributed by atoms with van der Waals surface area (Å²) in [5, 5.41) is 6.71. The molecule has 74 valence electrons. The van der Waals surface area contributed by atoms with E-state index in [1.165, 1.54) is 6.42 Å². The van der Waals surface area contributed by atoms with Gasteiger partial charge in [-0.25, -0.2) is 0 Å². The zero-order valence-corrected chi connectivity index (χ0v) is 8.56. The van der Waals surface area contributed by atoms with E-state index in [4.69, 9.17) is 5.73 Å². The molecule has 2 atom stereocenters. The second-order valence-electron chi connectivity index (χ2n) is 3.10. The molecule has 0 aromatic heterocycles. The highest BCUT2D eigenvalue weighted by molar-refractivity contribution is 4.65. The summed E-state index contributed by atoms with van der Waals surface area (Å²) in [5.74, 6) is 0. The van der Waals surface area contributed by atoms with Crippen LogP contribution in [-0.4, -0.2) is 18.9 Å². The Morgan fingerprint density at radius 3 is 2.25 bits per heavy atom. The quantitative estimate of drug-likeness (QED) is 0.504. The first-order valence-electron chi connectivity index (χ1n) is 4.99. The van der Waals surface area contributed by atoms with Gasteiger partial charge in [0, 0.05) is 0 Å². The molecule has 0 fully saturated rings. The van der Waals surface area contributed by atoms with E-state index < -0.39 is 0 Å². The summed E-state index contributed by atoms with van der Waals surface area (Å²) in [5.41, 5.74) is 5.77. The van der Waals surface area contributed by atoms with Crippen LogP contribution in [0.1, 0.15) is 40.0 Å². The number of hydrogen-bond donors (Lipinski definition) is 3. The van der Waals surface area contributed by atoms with Crippen LogP contribution in [0.25, 0.3) is 0 Å². The Labute approximate surface area is 76.1 Å². The molecule has 12 heavy (non-hydrogen) atoms. The predicted molar refractivity (Wildman–Crippen MR) is 53.8 cm³/mol. The molecule has 0 bridgehead atoms. The topological polar surface area (TPSA) is 50.1 Å². The third-order valence-corrected chi connectivity index (χ3v) is 1.90. The molecular weight excluding hydrogens is 150 g/mol. The van der Waals surface area contributed by atoms with E-state index in [9.17, 15) is 0 Å². The van der Waals surface area contributed by atoms with E-state index in [0.717, 1.165) is 19.4 Å². The fourth-order valence-corrected chi connectivity index (χ4v) is 1.02. The normalized spacial score (nSPS) is 16.0. The van der Waals surface area contributed by atoms with Crippen LogP contribution in [-0.2, 0) is 0 Å². The Kier molecular flexibility index (Phi) is 7.45. The Hall–Kier alpha value is -0.120. The Bertz CT molecular complexity index is 95.8. The Morgan fingerprint density at radius 1 is 1.17 bits per heavy atom. The predicted octanol–water partition coefficient (Wildman–Crippen LogP) is 1.01. The van der Waals surface area contributed by atoms with Gasteiger partial charge in [-0.05, 0) is 25.8 Å². The SMILES string of the molecule is CCCNC(CC)NC(N)CC. The lowest BCUT2D eigenvalue weighted by Gasteiger charge is -2.22. The average molecular weight is 173 g/mol. The maximum absolute atomic E-state index is 5.77. The summed E-state index contributed by atoms with van der Waals surface area (Å²) in [6.07, 6.45) is 3.72. The maximum atomic E-state index is 5.77. The Morgan fingerprint density at radius 2 is 1.83 bits per heavy atom. The molecule has 3 nitrogen and oxygen atoms in total. The maximum Gasteiger partial charge on any atom is 0.0580 e. The van der Waals surface area contributed by atoms with Crippen molar-refractivity contribution < 1.29 is 0 Å². The fourth-order valence-electron chi connectivity index (χ4n) is 1.02. The molecule has 0 aliphatic rings. The van der Waals surface area contributed by atoms with E-state index in [1.807, 2.05) is 0 Å². The monoisotopic (exact) mass is 173 g/mol. The zero-order valence-electron chi connectivity index (χ0n) is 8.56. The van der Waals surface area contributed by atoms with Gasteiger partial charge < -0.3 is 11.1 Å². The minimum Gasteiger partial charge on any atom is -0.316 e. The van der Waals surface area contributed by atoms with Crippen molar-refractivity contribution in [2.75, 3.05) is 6.54 Å². The lowest BCUT2D eigenvalue weighted by atomic mass is 10.3. The van der Waals surface area contributed by atoms with Gasteiger partial charge in [0.2, 0.25) is 0 Å². The van der Waals surface area contributed by atoms with Gasteiger partial charge in [-0.1, -0.05) is 20.8 Å². The van der Waals surface area contributed by atoms with Gasteiger partial charge >= 0.3 is 0 Å². The third-order valence-electron chi connectivity index (χ3n) is 1.90. The van der Waals surface area contributed by atoms with Crippen molar-refractivity contribution in [3.63, 3.8) is 0 Å². The molecule has 0 aliphatic heterocycles. The van der Waals surface area contributed by atoms with Crippen molar-refractivity contribution in [3.05, 3.63) is 0 Å². The van der Waals surface area contributed by atoms with Gasteiger partial charge in [-0.3, -0.25) is 5.32 Å². The first-order valence-corrected chi connectivity index (χ1v) is 4.99. The molecule has 0 saturated carbocycles. The largest absolute Gasteiger partial charge is 0.316 e. The van der Waals surface area contributed by atoms with Crippen LogP contribution >= 0.6 is 0 Å². The summed E-state index contributed by atoms with van der Waals surface area (Å²) in [6, 6.07) is 0. The van der Waals surface area contributed by atoms with Crippen LogP contribution in [0.3, 0.4) is 0 Å². The highest BCUT2D eigenvalue weighted by atomic mass is 15.2. The molecule has 0 radical (unpaired) electrons. The molecule has 3 heteroatoms. The third kappa shape index (κ3) is 5.52. The first kappa shape index (κ1) is 11.9. The van der Waals surface area contributed by atoms with Crippen molar-refractivity contribution in [2.45, 2.75) is 52.4 Å². The summed E-state index contributed by atoms with van der Waals surface area (Å²) >= 11 is 0. The average Bonchev–Trinajstić information content (AvgIpc) is 2.11. The molecule has 0 aromatic carbocycles.